The molecule has 0 aromatic heterocycles. The van der Waals surface area contributed by atoms with Crippen LogP contribution >= 0.6 is 0 Å². The number of aromatic hydroxyl groups is 1. The topological polar surface area (TPSA) is 163 Å². The third-order valence-corrected chi connectivity index (χ3v) is 7.23. The van der Waals surface area contributed by atoms with E-state index in [4.69, 9.17) is 9.47 Å². The Labute approximate surface area is 287 Å². The number of aliphatic hydroxyl groups is 1. The van der Waals surface area contributed by atoms with Crippen LogP contribution in [0.15, 0.2) is 42.5 Å². The van der Waals surface area contributed by atoms with Gasteiger partial charge in [0.25, 0.3) is 5.91 Å². The Morgan fingerprint density at radius 3 is 1.96 bits per heavy atom. The van der Waals surface area contributed by atoms with Crippen LogP contribution < -0.4 is 16.0 Å². The Kier molecular flexibility index (Phi) is 14.5. The molecule has 0 fully saturated rings. The molecule has 0 spiro atoms. The van der Waals surface area contributed by atoms with Crippen LogP contribution in [0, 0.1) is 17.0 Å². The first kappa shape index (κ1) is 40.9. The van der Waals surface area contributed by atoms with Gasteiger partial charge in [0.15, 0.2) is 6.10 Å². The number of phenols is 1. The number of hydrogen-bond donors (Lipinski definition) is 5. The number of aliphatic hydroxyl groups excluding tert-OH is 1. The van der Waals surface area contributed by atoms with E-state index in [-0.39, 0.29) is 49.3 Å². The van der Waals surface area contributed by atoms with Crippen LogP contribution in [0.4, 0.5) is 18.4 Å². The summed E-state index contributed by atoms with van der Waals surface area (Å²) in [6, 6.07) is 7.14. The van der Waals surface area contributed by atoms with Crippen molar-refractivity contribution in [1.29, 1.82) is 0 Å². The van der Waals surface area contributed by atoms with E-state index < -0.39 is 64.5 Å². The summed E-state index contributed by atoms with van der Waals surface area (Å²) in [6.07, 6.45) is -3.18. The fraction of sp³-hybridized carbons (Fsp3) is 0.556. The van der Waals surface area contributed by atoms with Gasteiger partial charge in [0.05, 0.1) is 6.04 Å². The maximum atomic E-state index is 14.4. The second-order valence-corrected chi connectivity index (χ2v) is 15.0. The van der Waals surface area contributed by atoms with Gasteiger partial charge in [-0.15, -0.1) is 0 Å². The highest BCUT2D eigenvalue weighted by Crippen LogP contribution is 2.23. The van der Waals surface area contributed by atoms with Crippen LogP contribution in [0.25, 0.3) is 0 Å². The van der Waals surface area contributed by atoms with E-state index in [2.05, 4.69) is 16.0 Å². The molecule has 49 heavy (non-hydrogen) atoms. The van der Waals surface area contributed by atoms with Crippen molar-refractivity contribution in [1.82, 2.24) is 16.0 Å². The van der Waals surface area contributed by atoms with E-state index in [1.807, 2.05) is 13.8 Å². The van der Waals surface area contributed by atoms with E-state index in [1.54, 1.807) is 53.7 Å². The van der Waals surface area contributed by atoms with Crippen molar-refractivity contribution in [3.8, 4) is 5.75 Å². The van der Waals surface area contributed by atoms with Crippen LogP contribution in [0.1, 0.15) is 85.8 Å². The van der Waals surface area contributed by atoms with Crippen molar-refractivity contribution < 1.29 is 47.6 Å². The lowest BCUT2D eigenvalue weighted by atomic mass is 9.85. The van der Waals surface area contributed by atoms with Crippen molar-refractivity contribution in [3.63, 3.8) is 0 Å². The monoisotopic (exact) mass is 691 g/mol. The van der Waals surface area contributed by atoms with Crippen LogP contribution in [0.3, 0.4) is 0 Å². The quantitative estimate of drug-likeness (QED) is 0.164. The molecule has 0 heterocycles. The molecule has 2 aromatic rings. The molecule has 0 aliphatic heterocycles. The molecule has 0 saturated carbocycles. The van der Waals surface area contributed by atoms with Crippen molar-refractivity contribution in [2.24, 2.45) is 5.41 Å². The molecule has 1 unspecified atom stereocenters. The van der Waals surface area contributed by atoms with E-state index in [1.165, 1.54) is 12.1 Å². The highest BCUT2D eigenvalue weighted by atomic mass is 19.1. The molecule has 3 amide bonds. The Balaban J connectivity index is 2.04. The van der Waals surface area contributed by atoms with E-state index >= 15 is 0 Å². The van der Waals surface area contributed by atoms with Crippen LogP contribution in [-0.4, -0.2) is 70.0 Å². The molecular weight excluding hydrogens is 640 g/mol. The smallest absolute Gasteiger partial charge is 0.407 e. The predicted octanol–water partition coefficient (Wildman–Crippen LogP) is 5.48. The van der Waals surface area contributed by atoms with Gasteiger partial charge < -0.3 is 35.6 Å². The summed E-state index contributed by atoms with van der Waals surface area (Å²) >= 11 is 0. The lowest BCUT2D eigenvalue weighted by Gasteiger charge is -2.29. The summed E-state index contributed by atoms with van der Waals surface area (Å²) in [7, 11) is 0. The number of phenolic OH excluding ortho intramolecular Hbond substituents is 1. The molecule has 272 valence electrons. The number of benzene rings is 2. The number of Topliss-reactive ketones (excluding diaryl/α,β-unsaturated/α-hetero) is 1. The number of hydrogen-bond acceptors (Lipinski definition) is 8. The summed E-state index contributed by atoms with van der Waals surface area (Å²) in [4.78, 5) is 51.2. The van der Waals surface area contributed by atoms with Crippen LogP contribution in [0.2, 0.25) is 0 Å². The maximum absolute atomic E-state index is 14.4. The van der Waals surface area contributed by atoms with Gasteiger partial charge in [-0.3, -0.25) is 9.59 Å². The van der Waals surface area contributed by atoms with Gasteiger partial charge in [0.1, 0.15) is 34.4 Å². The number of ketones is 1. The number of carbonyl (C=O) groups excluding carboxylic acids is 4. The molecule has 3 atom stereocenters. The number of ether oxygens (including phenoxy) is 2. The molecule has 2 rings (SSSR count). The van der Waals surface area contributed by atoms with Crippen molar-refractivity contribution in [2.75, 3.05) is 6.54 Å². The van der Waals surface area contributed by atoms with Gasteiger partial charge in [0.2, 0.25) is 0 Å². The van der Waals surface area contributed by atoms with Gasteiger partial charge >= 0.3 is 12.2 Å². The Bertz CT molecular complexity index is 1440. The maximum Gasteiger partial charge on any atom is 0.407 e. The van der Waals surface area contributed by atoms with Gasteiger partial charge in [-0.05, 0) is 108 Å². The zero-order valence-corrected chi connectivity index (χ0v) is 29.6. The fourth-order valence-corrected chi connectivity index (χ4v) is 4.76. The standard InChI is InChI=1S/C36H51F2N3O8/c1-34(2,3)48-32(46)40-25(19-23-18-24(37)11-14-28(23)38)20-27(43)15-16-36(7,8)21-39-31(45)30(44)29(41-33(47)49-35(4,5)6)17-22-9-12-26(42)13-10-22/h9-14,18,25,29-30,42,44H,15-17,19-21H2,1-8H3,(H,39,45)(H,40,46)(H,41,47)/t25?,29-,30+/m1/s1. The number of nitrogens with one attached hydrogen (secondary N) is 3. The number of alkyl carbamates (subject to hydrolysis) is 2. The highest BCUT2D eigenvalue weighted by Gasteiger charge is 2.31. The van der Waals surface area contributed by atoms with Gasteiger partial charge in [-0.25, -0.2) is 18.4 Å². The second-order valence-electron chi connectivity index (χ2n) is 15.0. The number of rotatable bonds is 15. The van der Waals surface area contributed by atoms with E-state index in [9.17, 15) is 38.2 Å². The predicted molar refractivity (Wildman–Crippen MR) is 180 cm³/mol. The molecule has 0 radical (unpaired) electrons. The van der Waals surface area contributed by atoms with Crippen molar-refractivity contribution >= 4 is 23.9 Å². The van der Waals surface area contributed by atoms with Gasteiger partial charge in [-0.2, -0.15) is 0 Å². The zero-order chi connectivity index (χ0) is 37.2. The minimum Gasteiger partial charge on any atom is -0.508 e. The van der Waals surface area contributed by atoms with Gasteiger partial charge in [-0.1, -0.05) is 26.0 Å². The van der Waals surface area contributed by atoms with Crippen molar-refractivity contribution in [3.05, 3.63) is 65.2 Å². The van der Waals surface area contributed by atoms with E-state index in [0.717, 1.165) is 18.2 Å². The highest BCUT2D eigenvalue weighted by molar-refractivity contribution is 5.82. The Hall–Kier alpha value is -4.26. The average Bonchev–Trinajstić information content (AvgIpc) is 2.95. The third kappa shape index (κ3) is 16.1. The summed E-state index contributed by atoms with van der Waals surface area (Å²) in [5, 5.41) is 28.4. The van der Waals surface area contributed by atoms with Gasteiger partial charge in [0, 0.05) is 25.4 Å². The Morgan fingerprint density at radius 2 is 1.39 bits per heavy atom. The molecule has 13 heteroatoms. The molecule has 0 bridgehead atoms. The lowest BCUT2D eigenvalue weighted by Crippen LogP contribution is -2.53. The SMILES string of the molecule is CC(C)(CCC(=O)CC(Cc1cc(F)ccc1F)NC(=O)OC(C)(C)C)CNC(=O)[C@@H](O)[C@@H](Cc1ccc(O)cc1)NC(=O)OC(C)(C)C. The zero-order valence-electron chi connectivity index (χ0n) is 29.6. The first-order valence-electron chi connectivity index (χ1n) is 16.2. The minimum absolute atomic E-state index is 0.000308. The average molecular weight is 692 g/mol. The summed E-state index contributed by atoms with van der Waals surface area (Å²) in [5.74, 6) is -2.30. The summed E-state index contributed by atoms with van der Waals surface area (Å²) < 4.78 is 38.8. The molecule has 2 aromatic carbocycles. The number of amides is 3. The Morgan fingerprint density at radius 1 is 0.816 bits per heavy atom. The molecule has 11 nitrogen and oxygen atoms in total. The number of halogens is 2. The summed E-state index contributed by atoms with van der Waals surface area (Å²) in [5.41, 5.74) is -1.62. The first-order chi connectivity index (χ1) is 22.5. The van der Waals surface area contributed by atoms with Crippen LogP contribution in [-0.2, 0) is 31.9 Å². The second kappa shape index (κ2) is 17.4. The molecule has 0 aliphatic rings. The van der Waals surface area contributed by atoms with E-state index in [0.29, 0.717) is 12.0 Å². The summed E-state index contributed by atoms with van der Waals surface area (Å²) in [6.45, 7) is 13.8. The molecule has 5 N–H and O–H groups in total. The fourth-order valence-electron chi connectivity index (χ4n) is 4.76. The van der Waals surface area contributed by atoms with Crippen LogP contribution in [0.5, 0.6) is 5.75 Å². The first-order valence-corrected chi connectivity index (χ1v) is 16.2. The third-order valence-electron chi connectivity index (χ3n) is 7.23. The largest absolute Gasteiger partial charge is 0.508 e. The molecule has 0 aliphatic carbocycles. The minimum atomic E-state index is -1.67. The number of carbonyl (C=O) groups is 4. The lowest BCUT2D eigenvalue weighted by molar-refractivity contribution is -0.131. The normalized spacial score (nSPS) is 13.9. The molecular formula is C36H51F2N3O8. The van der Waals surface area contributed by atoms with Crippen molar-refractivity contribution in [2.45, 2.75) is 117 Å². The molecule has 0 saturated heterocycles.